The lowest BCUT2D eigenvalue weighted by Gasteiger charge is -2.03. The van der Waals surface area contributed by atoms with Gasteiger partial charge in [-0.3, -0.25) is 4.84 Å². The van der Waals surface area contributed by atoms with Crippen molar-refractivity contribution >= 4 is 0 Å². The molecule has 0 spiro atoms. The smallest absolute Gasteiger partial charge is 0.164 e. The molecule has 0 saturated carbocycles. The molecule has 0 radical (unpaired) electrons. The molecule has 2 aromatic rings. The lowest BCUT2D eigenvalue weighted by atomic mass is 10.2. The third-order valence-corrected chi connectivity index (χ3v) is 2.11. The Labute approximate surface area is 94.2 Å². The average Bonchev–Trinajstić information content (AvgIpc) is 2.72. The van der Waals surface area contributed by atoms with Gasteiger partial charge in [0.25, 0.3) is 0 Å². The summed E-state index contributed by atoms with van der Waals surface area (Å²) in [7, 11) is 0. The second-order valence-corrected chi connectivity index (χ2v) is 3.53. The quantitative estimate of drug-likeness (QED) is 0.617. The van der Waals surface area contributed by atoms with Crippen LogP contribution in [0.5, 0.6) is 0 Å². The van der Waals surface area contributed by atoms with E-state index >= 15 is 0 Å². The number of aryl methyl sites for hydroxylation is 1. The highest BCUT2D eigenvalue weighted by Gasteiger charge is 2.00. The van der Waals surface area contributed by atoms with E-state index in [4.69, 9.17) is 9.36 Å². The van der Waals surface area contributed by atoms with Crippen molar-refractivity contribution < 1.29 is 9.36 Å². The van der Waals surface area contributed by atoms with Crippen LogP contribution in [0.1, 0.15) is 17.0 Å². The lowest BCUT2D eigenvalue weighted by molar-refractivity contribution is 0.0118. The van der Waals surface area contributed by atoms with Crippen molar-refractivity contribution in [3.63, 3.8) is 0 Å². The van der Waals surface area contributed by atoms with Crippen molar-refractivity contribution in [2.45, 2.75) is 20.1 Å². The van der Waals surface area contributed by atoms with E-state index in [9.17, 15) is 0 Å². The van der Waals surface area contributed by atoms with Crippen LogP contribution in [0.25, 0.3) is 0 Å². The zero-order valence-electron chi connectivity index (χ0n) is 9.14. The molecule has 84 valence electrons. The summed E-state index contributed by atoms with van der Waals surface area (Å²) in [5, 5.41) is 3.77. The van der Waals surface area contributed by atoms with Crippen LogP contribution in [0.4, 0.5) is 0 Å². The highest BCUT2D eigenvalue weighted by molar-refractivity contribution is 5.13. The Morgan fingerprint density at radius 3 is 2.81 bits per heavy atom. The number of benzene rings is 1. The predicted octanol–water partition coefficient (Wildman–Crippen LogP) is 2.20. The van der Waals surface area contributed by atoms with Crippen molar-refractivity contribution in [2.75, 3.05) is 0 Å². The number of rotatable bonds is 5. The maximum atomic E-state index is 5.25. The second kappa shape index (κ2) is 5.44. The average molecular weight is 218 g/mol. The fourth-order valence-corrected chi connectivity index (χ4v) is 1.34. The highest BCUT2D eigenvalue weighted by Crippen LogP contribution is 2.03. The molecule has 0 saturated heterocycles. The zero-order chi connectivity index (χ0) is 11.2. The van der Waals surface area contributed by atoms with E-state index in [0.29, 0.717) is 13.2 Å². The van der Waals surface area contributed by atoms with E-state index in [1.54, 1.807) is 0 Å². The Bertz CT molecular complexity index is 426. The first-order valence-electron chi connectivity index (χ1n) is 5.15. The first-order valence-corrected chi connectivity index (χ1v) is 5.15. The summed E-state index contributed by atoms with van der Waals surface area (Å²) in [6, 6.07) is 11.9. The molecule has 16 heavy (non-hydrogen) atoms. The molecule has 0 fully saturated rings. The fraction of sp³-hybridized carbons (Fsp3) is 0.250. The molecular formula is C12H14N2O2. The van der Waals surface area contributed by atoms with Crippen LogP contribution in [0.2, 0.25) is 0 Å². The summed E-state index contributed by atoms with van der Waals surface area (Å²) in [6.07, 6.45) is 0. The monoisotopic (exact) mass is 218 g/mol. The minimum absolute atomic E-state index is 0.383. The van der Waals surface area contributed by atoms with E-state index in [2.05, 4.69) is 10.6 Å². The van der Waals surface area contributed by atoms with Crippen LogP contribution < -0.4 is 5.48 Å². The number of hydrogen-bond acceptors (Lipinski definition) is 4. The van der Waals surface area contributed by atoms with E-state index in [1.807, 2.05) is 43.3 Å². The topological polar surface area (TPSA) is 47.3 Å². The van der Waals surface area contributed by atoms with Gasteiger partial charge in [-0.25, -0.2) is 0 Å². The molecule has 1 N–H and O–H groups in total. The van der Waals surface area contributed by atoms with Gasteiger partial charge in [0.2, 0.25) is 0 Å². The van der Waals surface area contributed by atoms with Crippen LogP contribution in [-0.4, -0.2) is 5.16 Å². The van der Waals surface area contributed by atoms with Crippen LogP contribution in [0.15, 0.2) is 40.9 Å². The maximum absolute atomic E-state index is 5.25. The fourth-order valence-electron chi connectivity index (χ4n) is 1.34. The van der Waals surface area contributed by atoms with E-state index in [0.717, 1.165) is 11.5 Å². The zero-order valence-corrected chi connectivity index (χ0v) is 9.14. The summed E-state index contributed by atoms with van der Waals surface area (Å²) in [6.45, 7) is 2.94. The predicted molar refractivity (Wildman–Crippen MR) is 59.3 cm³/mol. The Kier molecular flexibility index (Phi) is 3.69. The van der Waals surface area contributed by atoms with Crippen molar-refractivity contribution in [1.29, 1.82) is 0 Å². The Balaban J connectivity index is 1.69. The number of hydroxylamine groups is 1. The molecule has 1 aromatic carbocycles. The van der Waals surface area contributed by atoms with E-state index < -0.39 is 0 Å². The normalized spacial score (nSPS) is 10.6. The van der Waals surface area contributed by atoms with Crippen molar-refractivity contribution in [3.8, 4) is 0 Å². The van der Waals surface area contributed by atoms with Crippen molar-refractivity contribution in [2.24, 2.45) is 0 Å². The van der Waals surface area contributed by atoms with Crippen LogP contribution in [-0.2, 0) is 18.0 Å². The molecule has 0 bridgehead atoms. The van der Waals surface area contributed by atoms with Crippen molar-refractivity contribution in [1.82, 2.24) is 10.6 Å². The molecule has 2 rings (SSSR count). The number of nitrogens with zero attached hydrogens (tertiary/aromatic N) is 1. The minimum atomic E-state index is 0.383. The summed E-state index contributed by atoms with van der Waals surface area (Å²) in [5.74, 6) is 0.720. The molecular weight excluding hydrogens is 204 g/mol. The van der Waals surface area contributed by atoms with Gasteiger partial charge in [0.05, 0.1) is 5.69 Å². The summed E-state index contributed by atoms with van der Waals surface area (Å²) in [4.78, 5) is 5.25. The SMILES string of the molecule is Cc1cc(CONCc2ccccc2)on1. The van der Waals surface area contributed by atoms with Gasteiger partial charge in [-0.15, -0.1) is 0 Å². The van der Waals surface area contributed by atoms with Gasteiger partial charge in [0, 0.05) is 12.6 Å². The van der Waals surface area contributed by atoms with Crippen molar-refractivity contribution in [3.05, 3.63) is 53.4 Å². The summed E-state index contributed by atoms with van der Waals surface area (Å²) in [5.41, 5.74) is 4.91. The lowest BCUT2D eigenvalue weighted by Crippen LogP contribution is -2.13. The molecule has 0 aliphatic carbocycles. The third-order valence-electron chi connectivity index (χ3n) is 2.11. The number of aromatic nitrogens is 1. The molecule has 0 atom stereocenters. The van der Waals surface area contributed by atoms with Gasteiger partial charge in [-0.2, -0.15) is 5.48 Å². The van der Waals surface area contributed by atoms with Gasteiger partial charge >= 0.3 is 0 Å². The van der Waals surface area contributed by atoms with Crippen LogP contribution in [0.3, 0.4) is 0 Å². The van der Waals surface area contributed by atoms with Gasteiger partial charge in [0.15, 0.2) is 5.76 Å². The van der Waals surface area contributed by atoms with Gasteiger partial charge in [-0.05, 0) is 12.5 Å². The van der Waals surface area contributed by atoms with Crippen LogP contribution in [0, 0.1) is 6.92 Å². The van der Waals surface area contributed by atoms with Gasteiger partial charge in [0.1, 0.15) is 6.61 Å². The summed E-state index contributed by atoms with van der Waals surface area (Å²) < 4.78 is 5.00. The Morgan fingerprint density at radius 1 is 1.31 bits per heavy atom. The third kappa shape index (κ3) is 3.18. The molecule has 1 heterocycles. The van der Waals surface area contributed by atoms with Crippen LogP contribution >= 0.6 is 0 Å². The van der Waals surface area contributed by atoms with E-state index in [-0.39, 0.29) is 0 Å². The number of nitrogens with one attached hydrogen (secondary N) is 1. The molecule has 0 aliphatic rings. The first-order chi connectivity index (χ1) is 7.84. The largest absolute Gasteiger partial charge is 0.359 e. The molecule has 4 nitrogen and oxygen atoms in total. The molecule has 0 aliphatic heterocycles. The second-order valence-electron chi connectivity index (χ2n) is 3.53. The number of hydrogen-bond donors (Lipinski definition) is 1. The first kappa shape index (κ1) is 10.9. The Hall–Kier alpha value is -1.65. The molecule has 1 aromatic heterocycles. The molecule has 0 amide bonds. The Morgan fingerprint density at radius 2 is 2.12 bits per heavy atom. The summed E-state index contributed by atoms with van der Waals surface area (Å²) >= 11 is 0. The maximum Gasteiger partial charge on any atom is 0.164 e. The van der Waals surface area contributed by atoms with Gasteiger partial charge in [-0.1, -0.05) is 35.5 Å². The standard InChI is InChI=1S/C12H14N2O2/c1-10-7-12(16-14-10)9-15-13-8-11-5-3-2-4-6-11/h2-7,13H,8-9H2,1H3. The molecule has 0 unspecified atom stereocenters. The molecule has 4 heteroatoms. The van der Waals surface area contributed by atoms with Gasteiger partial charge < -0.3 is 4.52 Å². The van der Waals surface area contributed by atoms with E-state index in [1.165, 1.54) is 5.56 Å². The minimum Gasteiger partial charge on any atom is -0.359 e. The highest BCUT2D eigenvalue weighted by atomic mass is 16.6.